The first-order valence-electron chi connectivity index (χ1n) is 11.8. The zero-order valence-corrected chi connectivity index (χ0v) is 20.6. The van der Waals surface area contributed by atoms with Gasteiger partial charge in [0.15, 0.2) is 5.78 Å². The summed E-state index contributed by atoms with van der Waals surface area (Å²) in [6, 6.07) is 26.4. The molecule has 0 radical (unpaired) electrons. The SMILES string of the molecule is O=C(CCSC1C(=O)N(c2ccccc2)C1c1ccc(-c2cccc(O)c2)cc1O)c1ccc(F)cc1. The van der Waals surface area contributed by atoms with E-state index >= 15 is 0 Å². The van der Waals surface area contributed by atoms with Crippen molar-refractivity contribution in [2.24, 2.45) is 0 Å². The highest BCUT2D eigenvalue weighted by Gasteiger charge is 2.50. The Morgan fingerprint density at radius 2 is 1.59 bits per heavy atom. The van der Waals surface area contributed by atoms with Crippen LogP contribution in [0, 0.1) is 5.82 Å². The minimum absolute atomic E-state index is 0.0484. The van der Waals surface area contributed by atoms with Crippen molar-refractivity contribution in [3.63, 3.8) is 0 Å². The van der Waals surface area contributed by atoms with Gasteiger partial charge in [-0.05, 0) is 65.7 Å². The third-order valence-corrected chi connectivity index (χ3v) is 7.66. The van der Waals surface area contributed by atoms with Gasteiger partial charge in [0.1, 0.15) is 22.6 Å². The third kappa shape index (κ3) is 5.08. The van der Waals surface area contributed by atoms with Crippen LogP contribution in [-0.2, 0) is 4.79 Å². The molecule has 186 valence electrons. The van der Waals surface area contributed by atoms with E-state index in [9.17, 15) is 24.2 Å². The van der Waals surface area contributed by atoms with Crippen LogP contribution >= 0.6 is 11.8 Å². The highest BCUT2D eigenvalue weighted by Crippen LogP contribution is 2.48. The van der Waals surface area contributed by atoms with Crippen molar-refractivity contribution >= 4 is 29.1 Å². The van der Waals surface area contributed by atoms with Crippen molar-refractivity contribution in [1.82, 2.24) is 0 Å². The van der Waals surface area contributed by atoms with Crippen molar-refractivity contribution in [1.29, 1.82) is 0 Å². The minimum Gasteiger partial charge on any atom is -0.508 e. The van der Waals surface area contributed by atoms with Crippen LogP contribution in [0.4, 0.5) is 10.1 Å². The molecule has 2 atom stereocenters. The van der Waals surface area contributed by atoms with Gasteiger partial charge in [0, 0.05) is 29.0 Å². The van der Waals surface area contributed by atoms with Crippen LogP contribution in [0.15, 0.2) is 97.1 Å². The summed E-state index contributed by atoms with van der Waals surface area (Å²) >= 11 is 1.38. The molecule has 5 rings (SSSR count). The number of carbonyl (C=O) groups excluding carboxylic acids is 2. The van der Waals surface area contributed by atoms with Gasteiger partial charge in [-0.3, -0.25) is 9.59 Å². The van der Waals surface area contributed by atoms with Crippen molar-refractivity contribution < 1.29 is 24.2 Å². The van der Waals surface area contributed by atoms with Crippen molar-refractivity contribution in [3.8, 4) is 22.6 Å². The molecule has 37 heavy (non-hydrogen) atoms. The second kappa shape index (κ2) is 10.5. The average Bonchev–Trinajstić information content (AvgIpc) is 2.90. The number of ketones is 1. The number of hydrogen-bond donors (Lipinski definition) is 2. The smallest absolute Gasteiger partial charge is 0.243 e. The summed E-state index contributed by atoms with van der Waals surface area (Å²) in [7, 11) is 0. The molecule has 1 aliphatic rings. The number of halogens is 1. The third-order valence-electron chi connectivity index (χ3n) is 6.40. The fourth-order valence-electron chi connectivity index (χ4n) is 4.52. The van der Waals surface area contributed by atoms with Crippen LogP contribution in [0.5, 0.6) is 11.5 Å². The Morgan fingerprint density at radius 1 is 0.865 bits per heavy atom. The Balaban J connectivity index is 1.38. The molecule has 1 fully saturated rings. The second-order valence-electron chi connectivity index (χ2n) is 8.78. The Labute approximate surface area is 218 Å². The van der Waals surface area contributed by atoms with E-state index in [4.69, 9.17) is 0 Å². The van der Waals surface area contributed by atoms with Crippen molar-refractivity contribution in [3.05, 3.63) is 114 Å². The van der Waals surface area contributed by atoms with Crippen LogP contribution < -0.4 is 4.90 Å². The normalized spacial score (nSPS) is 16.9. The zero-order chi connectivity index (χ0) is 25.9. The van der Waals surface area contributed by atoms with Gasteiger partial charge < -0.3 is 15.1 Å². The number of benzene rings is 4. The Bertz CT molecular complexity index is 1440. The molecule has 1 aliphatic heterocycles. The summed E-state index contributed by atoms with van der Waals surface area (Å²) in [5.41, 5.74) is 3.27. The summed E-state index contributed by atoms with van der Waals surface area (Å²) in [5, 5.41) is 20.4. The number of phenolic OH excluding ortho intramolecular Hbond substituents is 2. The fourth-order valence-corrected chi connectivity index (χ4v) is 5.78. The number of Topliss-reactive ketones (excluding diaryl/α,β-unsaturated/α-hetero) is 1. The van der Waals surface area contributed by atoms with Gasteiger partial charge in [-0.25, -0.2) is 4.39 Å². The van der Waals surface area contributed by atoms with E-state index in [1.165, 1.54) is 36.0 Å². The molecule has 0 aromatic heterocycles. The molecule has 0 bridgehead atoms. The van der Waals surface area contributed by atoms with E-state index in [0.29, 0.717) is 16.9 Å². The monoisotopic (exact) mass is 513 g/mol. The first-order chi connectivity index (χ1) is 17.9. The molecule has 2 N–H and O–H groups in total. The Morgan fingerprint density at radius 3 is 2.30 bits per heavy atom. The number of anilines is 1. The summed E-state index contributed by atoms with van der Waals surface area (Å²) < 4.78 is 13.2. The number of para-hydroxylation sites is 1. The van der Waals surface area contributed by atoms with Gasteiger partial charge in [0.25, 0.3) is 0 Å². The molecule has 4 aromatic carbocycles. The van der Waals surface area contributed by atoms with Gasteiger partial charge in [-0.15, -0.1) is 11.8 Å². The van der Waals surface area contributed by atoms with E-state index in [-0.39, 0.29) is 29.6 Å². The molecule has 1 amide bonds. The zero-order valence-electron chi connectivity index (χ0n) is 19.8. The highest BCUT2D eigenvalue weighted by atomic mass is 32.2. The maximum atomic E-state index is 13.2. The number of carbonyl (C=O) groups is 2. The largest absolute Gasteiger partial charge is 0.508 e. The Kier molecular flexibility index (Phi) is 6.97. The number of phenols is 2. The lowest BCUT2D eigenvalue weighted by Gasteiger charge is -2.47. The van der Waals surface area contributed by atoms with Gasteiger partial charge in [0.2, 0.25) is 5.91 Å². The predicted molar refractivity (Wildman–Crippen MR) is 143 cm³/mol. The van der Waals surface area contributed by atoms with Crippen LogP contribution in [0.3, 0.4) is 0 Å². The molecule has 2 unspecified atom stereocenters. The number of β-lactam (4-membered cyclic amide) rings is 1. The first kappa shape index (κ1) is 24.6. The summed E-state index contributed by atoms with van der Waals surface area (Å²) in [6.45, 7) is 0. The van der Waals surface area contributed by atoms with Crippen molar-refractivity contribution in [2.75, 3.05) is 10.7 Å². The molecule has 0 spiro atoms. The number of nitrogens with zero attached hydrogens (tertiary/aromatic N) is 1. The topological polar surface area (TPSA) is 77.8 Å². The first-order valence-corrected chi connectivity index (χ1v) is 12.9. The number of thioether (sulfide) groups is 1. The second-order valence-corrected chi connectivity index (χ2v) is 10.0. The van der Waals surface area contributed by atoms with Gasteiger partial charge in [0.05, 0.1) is 6.04 Å². The predicted octanol–water partition coefficient (Wildman–Crippen LogP) is 6.37. The molecule has 1 saturated heterocycles. The van der Waals surface area contributed by atoms with Crippen LogP contribution in [0.25, 0.3) is 11.1 Å². The Hall–Kier alpha value is -4.10. The molecule has 1 heterocycles. The maximum absolute atomic E-state index is 13.2. The number of amides is 1. The highest BCUT2D eigenvalue weighted by molar-refractivity contribution is 8.00. The molecule has 5 nitrogen and oxygen atoms in total. The summed E-state index contributed by atoms with van der Waals surface area (Å²) in [4.78, 5) is 27.4. The lowest BCUT2D eigenvalue weighted by molar-refractivity contribution is -0.123. The fraction of sp³-hybridized carbons (Fsp3) is 0.133. The number of aromatic hydroxyl groups is 2. The van der Waals surface area contributed by atoms with E-state index in [1.54, 1.807) is 35.2 Å². The summed E-state index contributed by atoms with van der Waals surface area (Å²) in [5.74, 6) is -0.0149. The lowest BCUT2D eigenvalue weighted by atomic mass is 9.90. The lowest BCUT2D eigenvalue weighted by Crippen LogP contribution is -2.57. The number of rotatable bonds is 8. The molecule has 4 aromatic rings. The van der Waals surface area contributed by atoms with Crippen LogP contribution in [0.2, 0.25) is 0 Å². The van der Waals surface area contributed by atoms with E-state index in [2.05, 4.69) is 0 Å². The van der Waals surface area contributed by atoms with E-state index in [0.717, 1.165) is 16.8 Å². The quantitative estimate of drug-likeness (QED) is 0.212. The van der Waals surface area contributed by atoms with Crippen molar-refractivity contribution in [2.45, 2.75) is 17.7 Å². The molecule has 7 heteroatoms. The van der Waals surface area contributed by atoms with E-state index < -0.39 is 17.1 Å². The maximum Gasteiger partial charge on any atom is 0.243 e. The van der Waals surface area contributed by atoms with Gasteiger partial charge >= 0.3 is 0 Å². The van der Waals surface area contributed by atoms with Gasteiger partial charge in [-0.1, -0.05) is 42.5 Å². The average molecular weight is 514 g/mol. The minimum atomic E-state index is -0.473. The molecular weight excluding hydrogens is 489 g/mol. The number of hydrogen-bond acceptors (Lipinski definition) is 5. The summed E-state index contributed by atoms with van der Waals surface area (Å²) in [6.07, 6.45) is 0.209. The standard InChI is InChI=1S/C30H24FNO4S/c31-22-12-9-19(10-13-22)26(34)15-16-37-29-28(32(30(29)36)23-6-2-1-3-7-23)25-14-11-21(18-27(25)35)20-5-4-8-24(33)17-20/h1-14,17-18,28-29,33,35H,15-16H2. The molecule has 0 saturated carbocycles. The molecule has 0 aliphatic carbocycles. The van der Waals surface area contributed by atoms with Crippen LogP contribution in [0.1, 0.15) is 28.4 Å². The van der Waals surface area contributed by atoms with Gasteiger partial charge in [-0.2, -0.15) is 0 Å². The van der Waals surface area contributed by atoms with E-state index in [1.807, 2.05) is 42.5 Å². The van der Waals surface area contributed by atoms with Crippen LogP contribution in [-0.4, -0.2) is 32.9 Å². The molecular formula is C30H24FNO4S.